The molecule has 0 bridgehead atoms. The maximum Gasteiger partial charge on any atom is 0.312 e. The summed E-state index contributed by atoms with van der Waals surface area (Å²) < 4.78 is 6.14. The van der Waals surface area contributed by atoms with Gasteiger partial charge in [-0.1, -0.05) is 70.2 Å². The molecule has 0 amide bonds. The molecule has 0 spiro atoms. The third-order valence-electron chi connectivity index (χ3n) is 14.8. The standard InChI is InChI=1S/C37H54O5/c1-23(2)25-14-17-37(32(41)42-21-24-10-8-7-9-11-24)19-18-35(5)26(30(25)37)12-13-29-33(3)20-27(39)31(40)34(4,22-38)28(33)15-16-36(29,35)6/h7-11,25-31,38-40H,1,12-22H2,2-6H3/t25-,26+,27-,28+,29+,30+,31-,33-,34-,35+,36+,37-/m0/s1. The number of fused-ring (bicyclic) bond motifs is 7. The van der Waals surface area contributed by atoms with E-state index in [9.17, 15) is 20.1 Å². The van der Waals surface area contributed by atoms with Crippen LogP contribution in [0, 0.1) is 56.7 Å². The molecule has 42 heavy (non-hydrogen) atoms. The van der Waals surface area contributed by atoms with Gasteiger partial charge in [0.25, 0.3) is 0 Å². The lowest BCUT2D eigenvalue weighted by molar-refractivity contribution is -0.271. The molecule has 1 aromatic carbocycles. The van der Waals surface area contributed by atoms with Gasteiger partial charge >= 0.3 is 5.97 Å². The quantitative estimate of drug-likeness (QED) is 0.268. The molecule has 232 valence electrons. The Bertz CT molecular complexity index is 1210. The van der Waals surface area contributed by atoms with Gasteiger partial charge in [-0.05, 0) is 116 Å². The lowest BCUT2D eigenvalue weighted by Gasteiger charge is -2.73. The summed E-state index contributed by atoms with van der Waals surface area (Å²) in [6.07, 6.45) is 6.75. The van der Waals surface area contributed by atoms with Gasteiger partial charge < -0.3 is 20.1 Å². The van der Waals surface area contributed by atoms with Crippen LogP contribution in [0.2, 0.25) is 0 Å². The highest BCUT2D eigenvalue weighted by atomic mass is 16.5. The van der Waals surface area contributed by atoms with Gasteiger partial charge in [0.05, 0.1) is 24.2 Å². The molecule has 5 nitrogen and oxygen atoms in total. The van der Waals surface area contributed by atoms with Crippen LogP contribution in [0.5, 0.6) is 0 Å². The molecule has 5 aliphatic rings. The highest BCUT2D eigenvalue weighted by molar-refractivity contribution is 5.78. The number of rotatable bonds is 5. The number of aliphatic hydroxyl groups is 3. The molecule has 0 aromatic heterocycles. The molecule has 5 heteroatoms. The predicted octanol–water partition coefficient (Wildman–Crippen LogP) is 6.69. The fourth-order valence-electron chi connectivity index (χ4n) is 12.5. The van der Waals surface area contributed by atoms with Crippen molar-refractivity contribution in [2.45, 2.75) is 111 Å². The summed E-state index contributed by atoms with van der Waals surface area (Å²) in [6, 6.07) is 10.0. The number of aliphatic hydroxyl groups excluding tert-OH is 3. The number of allylic oxidation sites excluding steroid dienone is 1. The zero-order valence-electron chi connectivity index (χ0n) is 26.6. The minimum atomic E-state index is -0.899. The molecular weight excluding hydrogens is 524 g/mol. The number of hydrogen-bond acceptors (Lipinski definition) is 5. The highest BCUT2D eigenvalue weighted by Crippen LogP contribution is 2.77. The topological polar surface area (TPSA) is 87.0 Å². The number of ether oxygens (including phenoxy) is 1. The first kappa shape index (κ1) is 30.3. The van der Waals surface area contributed by atoms with Gasteiger partial charge in [-0.25, -0.2) is 0 Å². The van der Waals surface area contributed by atoms with E-state index in [-0.39, 0.29) is 40.7 Å². The molecule has 1 aromatic rings. The first-order chi connectivity index (χ1) is 19.8. The van der Waals surface area contributed by atoms with E-state index in [4.69, 9.17) is 4.74 Å². The van der Waals surface area contributed by atoms with Crippen molar-refractivity contribution in [2.75, 3.05) is 6.61 Å². The Balaban J connectivity index is 1.35. The van der Waals surface area contributed by atoms with E-state index in [1.807, 2.05) is 37.3 Å². The molecule has 0 saturated heterocycles. The fourth-order valence-corrected chi connectivity index (χ4v) is 12.5. The van der Waals surface area contributed by atoms with E-state index < -0.39 is 23.0 Å². The van der Waals surface area contributed by atoms with Gasteiger partial charge in [0.2, 0.25) is 0 Å². The Morgan fingerprint density at radius 3 is 2.31 bits per heavy atom. The molecule has 6 rings (SSSR count). The van der Waals surface area contributed by atoms with E-state index in [1.165, 1.54) is 5.57 Å². The summed E-state index contributed by atoms with van der Waals surface area (Å²) in [7, 11) is 0. The van der Waals surface area contributed by atoms with Crippen LogP contribution in [0.15, 0.2) is 42.5 Å². The van der Waals surface area contributed by atoms with Crippen LogP contribution in [0.3, 0.4) is 0 Å². The van der Waals surface area contributed by atoms with Crippen molar-refractivity contribution >= 4 is 5.97 Å². The average molecular weight is 579 g/mol. The highest BCUT2D eigenvalue weighted by Gasteiger charge is 2.73. The lowest BCUT2D eigenvalue weighted by Crippen LogP contribution is -2.69. The number of esters is 1. The second-order valence-electron chi connectivity index (χ2n) is 16.3. The van der Waals surface area contributed by atoms with Gasteiger partial charge in [0.1, 0.15) is 6.61 Å². The summed E-state index contributed by atoms with van der Waals surface area (Å²) in [4.78, 5) is 14.2. The smallest absolute Gasteiger partial charge is 0.312 e. The molecular formula is C37H54O5. The van der Waals surface area contributed by atoms with E-state index in [0.29, 0.717) is 30.8 Å². The van der Waals surface area contributed by atoms with Crippen LogP contribution >= 0.6 is 0 Å². The third kappa shape index (κ3) is 3.94. The monoisotopic (exact) mass is 578 g/mol. The van der Waals surface area contributed by atoms with Crippen LogP contribution in [-0.4, -0.2) is 40.1 Å². The predicted molar refractivity (Wildman–Crippen MR) is 164 cm³/mol. The van der Waals surface area contributed by atoms with Crippen LogP contribution in [0.25, 0.3) is 0 Å². The van der Waals surface area contributed by atoms with E-state index in [1.54, 1.807) is 0 Å². The van der Waals surface area contributed by atoms with Crippen LogP contribution in [0.4, 0.5) is 0 Å². The Hall–Kier alpha value is -1.69. The minimum Gasteiger partial charge on any atom is -0.460 e. The van der Waals surface area contributed by atoms with Gasteiger partial charge in [-0.15, -0.1) is 0 Å². The summed E-state index contributed by atoms with van der Waals surface area (Å²) in [5, 5.41) is 32.8. The molecule has 3 N–H and O–H groups in total. The summed E-state index contributed by atoms with van der Waals surface area (Å²) in [6.45, 7) is 16.2. The van der Waals surface area contributed by atoms with Gasteiger partial charge in [0.15, 0.2) is 0 Å². The minimum absolute atomic E-state index is 0.00629. The number of carbonyl (C=O) groups excluding carboxylic acids is 1. The average Bonchev–Trinajstić information content (AvgIpc) is 3.37. The van der Waals surface area contributed by atoms with E-state index in [0.717, 1.165) is 56.9 Å². The molecule has 5 saturated carbocycles. The SMILES string of the molecule is C=C(C)[C@@H]1CC[C@]2(C(=O)OCc3ccccc3)CC[C@]3(C)[C@H](CC[C@@H]4[C@@]5(C)C[C@H](O)[C@H](O)[C@@](C)(CO)[C@@H]5CC[C@]43C)[C@@H]12. The zero-order valence-corrected chi connectivity index (χ0v) is 26.6. The second kappa shape index (κ2) is 10.2. The molecule has 5 aliphatic carbocycles. The second-order valence-corrected chi connectivity index (χ2v) is 16.3. The van der Waals surface area contributed by atoms with Crippen molar-refractivity contribution < 1.29 is 24.9 Å². The van der Waals surface area contributed by atoms with E-state index >= 15 is 0 Å². The van der Waals surface area contributed by atoms with Gasteiger partial charge in [0, 0.05) is 5.41 Å². The van der Waals surface area contributed by atoms with Crippen molar-refractivity contribution in [3.8, 4) is 0 Å². The summed E-state index contributed by atoms with van der Waals surface area (Å²) >= 11 is 0. The Morgan fingerprint density at radius 1 is 0.929 bits per heavy atom. The maximum atomic E-state index is 14.2. The molecule has 5 fully saturated rings. The molecule has 0 aliphatic heterocycles. The Labute approximate surface area is 253 Å². The van der Waals surface area contributed by atoms with Crippen LogP contribution < -0.4 is 0 Å². The first-order valence-electron chi connectivity index (χ1n) is 16.6. The fraction of sp³-hybridized carbons (Fsp3) is 0.757. The first-order valence-corrected chi connectivity index (χ1v) is 16.6. The largest absolute Gasteiger partial charge is 0.460 e. The van der Waals surface area contributed by atoms with Crippen molar-refractivity contribution in [3.05, 3.63) is 48.0 Å². The van der Waals surface area contributed by atoms with Crippen molar-refractivity contribution in [3.63, 3.8) is 0 Å². The van der Waals surface area contributed by atoms with Crippen molar-refractivity contribution in [1.29, 1.82) is 0 Å². The van der Waals surface area contributed by atoms with Gasteiger partial charge in [-0.3, -0.25) is 4.79 Å². The molecule has 12 atom stereocenters. The molecule has 0 unspecified atom stereocenters. The zero-order chi connectivity index (χ0) is 30.3. The molecule has 0 radical (unpaired) electrons. The van der Waals surface area contributed by atoms with Crippen LogP contribution in [-0.2, 0) is 16.1 Å². The number of carbonyl (C=O) groups is 1. The van der Waals surface area contributed by atoms with Crippen molar-refractivity contribution in [2.24, 2.45) is 56.7 Å². The summed E-state index contributed by atoms with van der Waals surface area (Å²) in [5.41, 5.74) is 1.01. The summed E-state index contributed by atoms with van der Waals surface area (Å²) in [5.74, 6) is 1.52. The Kier molecular flexibility index (Phi) is 7.35. The third-order valence-corrected chi connectivity index (χ3v) is 14.8. The molecule has 0 heterocycles. The number of hydrogen-bond donors (Lipinski definition) is 3. The number of benzene rings is 1. The van der Waals surface area contributed by atoms with Crippen LogP contribution in [0.1, 0.15) is 98.0 Å². The maximum absolute atomic E-state index is 14.2. The normalized spacial score (nSPS) is 49.7. The van der Waals surface area contributed by atoms with Gasteiger partial charge in [-0.2, -0.15) is 0 Å². The lowest BCUT2D eigenvalue weighted by atomic mass is 9.32. The van der Waals surface area contributed by atoms with Crippen molar-refractivity contribution in [1.82, 2.24) is 0 Å². The van der Waals surface area contributed by atoms with E-state index in [2.05, 4.69) is 34.3 Å². The Morgan fingerprint density at radius 2 is 1.64 bits per heavy atom.